The van der Waals surface area contributed by atoms with Crippen molar-refractivity contribution in [2.24, 2.45) is 45.3 Å². The van der Waals surface area contributed by atoms with E-state index in [-0.39, 0.29) is 21.7 Å². The van der Waals surface area contributed by atoms with Crippen molar-refractivity contribution in [3.63, 3.8) is 0 Å². The van der Waals surface area contributed by atoms with Gasteiger partial charge in [-0.3, -0.25) is 0 Å². The smallest absolute Gasteiger partial charge is 0.126 e. The van der Waals surface area contributed by atoms with Crippen LogP contribution >= 0.6 is 0 Å². The Morgan fingerprint density at radius 3 is 1.29 bits per heavy atom. The van der Waals surface area contributed by atoms with Gasteiger partial charge in [0.05, 0.1) is 0 Å². The maximum atomic E-state index is 11.2. The lowest BCUT2D eigenvalue weighted by Gasteiger charge is -2.61. The van der Waals surface area contributed by atoms with E-state index in [1.165, 1.54) is 38.5 Å². The normalized spacial score (nSPS) is 54.9. The minimum absolute atomic E-state index is 0.106. The molecule has 0 unspecified atom stereocenters. The van der Waals surface area contributed by atoms with Gasteiger partial charge in [-0.25, -0.2) is 0 Å². The van der Waals surface area contributed by atoms with E-state index in [9.17, 15) is 19.8 Å². The third-order valence-electron chi connectivity index (χ3n) is 9.63. The molecule has 2 N–H and O–H groups in total. The molecule has 0 aromatic carbocycles. The average molecular weight is 389 g/mol. The van der Waals surface area contributed by atoms with Crippen molar-refractivity contribution in [3.05, 3.63) is 0 Å². The Balaban J connectivity index is 0.000000122. The van der Waals surface area contributed by atoms with Gasteiger partial charge in [-0.1, -0.05) is 0 Å². The molecule has 0 radical (unpaired) electrons. The Morgan fingerprint density at radius 2 is 0.964 bits per heavy atom. The van der Waals surface area contributed by atoms with Crippen LogP contribution in [0.2, 0.25) is 0 Å². The summed E-state index contributed by atoms with van der Waals surface area (Å²) < 4.78 is 0. The molecular formula is C24H36O4. The van der Waals surface area contributed by atoms with Gasteiger partial charge in [0.2, 0.25) is 0 Å². The van der Waals surface area contributed by atoms with Crippen LogP contribution in [0, 0.1) is 45.3 Å². The summed E-state index contributed by atoms with van der Waals surface area (Å²) in [6, 6.07) is 0. The van der Waals surface area contributed by atoms with Crippen LogP contribution < -0.4 is 0 Å². The summed E-state index contributed by atoms with van der Waals surface area (Å²) in [5.41, 5.74) is 0.190. The molecule has 8 fully saturated rings. The molecule has 8 aliphatic rings. The summed E-state index contributed by atoms with van der Waals surface area (Å²) in [5, 5.41) is 19.1. The second kappa shape index (κ2) is 6.38. The lowest BCUT2D eigenvalue weighted by atomic mass is 9.44. The molecule has 4 nitrogen and oxygen atoms in total. The largest absolute Gasteiger partial charge is 0.396 e. The molecule has 8 rings (SSSR count). The van der Waals surface area contributed by atoms with E-state index in [0.717, 1.165) is 62.9 Å². The Morgan fingerprint density at radius 1 is 0.607 bits per heavy atom. The first-order valence-electron chi connectivity index (χ1n) is 11.5. The van der Waals surface area contributed by atoms with Crippen molar-refractivity contribution in [1.82, 2.24) is 0 Å². The van der Waals surface area contributed by atoms with E-state index in [1.54, 1.807) is 0 Å². The van der Waals surface area contributed by atoms with Crippen LogP contribution in [0.4, 0.5) is 0 Å². The summed E-state index contributed by atoms with van der Waals surface area (Å²) in [6.07, 6.45) is 16.0. The first-order valence-corrected chi connectivity index (χ1v) is 11.5. The van der Waals surface area contributed by atoms with Crippen molar-refractivity contribution < 1.29 is 19.8 Å². The van der Waals surface area contributed by atoms with E-state index in [0.29, 0.717) is 25.0 Å². The molecular weight excluding hydrogens is 352 g/mol. The number of carbonyl (C=O) groups excluding carboxylic acids is 2. The van der Waals surface area contributed by atoms with Crippen LogP contribution in [-0.4, -0.2) is 36.0 Å². The van der Waals surface area contributed by atoms with Crippen LogP contribution in [-0.2, 0) is 9.59 Å². The zero-order chi connectivity index (χ0) is 19.6. The second-order valence-corrected chi connectivity index (χ2v) is 12.2. The van der Waals surface area contributed by atoms with Crippen molar-refractivity contribution in [3.8, 4) is 0 Å². The van der Waals surface area contributed by atoms with Gasteiger partial charge in [-0.2, -0.15) is 0 Å². The third-order valence-corrected chi connectivity index (χ3v) is 9.63. The van der Waals surface area contributed by atoms with E-state index >= 15 is 0 Å². The van der Waals surface area contributed by atoms with Gasteiger partial charge in [0.15, 0.2) is 0 Å². The highest BCUT2D eigenvalue weighted by Crippen LogP contribution is 2.65. The summed E-state index contributed by atoms with van der Waals surface area (Å²) >= 11 is 0. The monoisotopic (exact) mass is 388 g/mol. The molecule has 28 heavy (non-hydrogen) atoms. The van der Waals surface area contributed by atoms with Crippen LogP contribution in [0.3, 0.4) is 0 Å². The summed E-state index contributed by atoms with van der Waals surface area (Å²) in [5.74, 6) is 2.92. The van der Waals surface area contributed by atoms with Crippen LogP contribution in [0.1, 0.15) is 77.0 Å². The molecule has 0 heterocycles. The number of aldehydes is 2. The standard InChI is InChI=1S/C12H20O2.C12H16O2/c2*13-7-11-2-9-1-10(4-11)5-12(3-9,6-11)8-14/h9-10,13-14H,1-8H2;7-10H,1-6H2. The number of aliphatic hydroxyl groups excluding tert-OH is 2. The highest BCUT2D eigenvalue weighted by Gasteiger charge is 2.58. The number of hydrogen-bond donors (Lipinski definition) is 2. The minimum atomic E-state index is -0.106. The lowest BCUT2D eigenvalue weighted by molar-refractivity contribution is -0.149. The predicted molar refractivity (Wildman–Crippen MR) is 105 cm³/mol. The summed E-state index contributed by atoms with van der Waals surface area (Å²) in [4.78, 5) is 22.4. The van der Waals surface area contributed by atoms with Crippen LogP contribution in [0.25, 0.3) is 0 Å². The molecule has 0 saturated heterocycles. The molecule has 156 valence electrons. The summed E-state index contributed by atoms with van der Waals surface area (Å²) in [7, 11) is 0. The lowest BCUT2D eigenvalue weighted by Crippen LogP contribution is -2.54. The highest BCUT2D eigenvalue weighted by atomic mass is 16.3. The topological polar surface area (TPSA) is 74.6 Å². The van der Waals surface area contributed by atoms with Crippen molar-refractivity contribution in [2.75, 3.05) is 13.2 Å². The number of carbonyl (C=O) groups is 2. The fraction of sp³-hybridized carbons (Fsp3) is 0.917. The van der Waals surface area contributed by atoms with Crippen LogP contribution in [0.15, 0.2) is 0 Å². The number of hydrogen-bond acceptors (Lipinski definition) is 4. The van der Waals surface area contributed by atoms with E-state index in [2.05, 4.69) is 0 Å². The average Bonchev–Trinajstić information content (AvgIpc) is 2.67. The predicted octanol–water partition coefficient (Wildman–Crippen LogP) is 3.53. The van der Waals surface area contributed by atoms with Gasteiger partial charge in [0.1, 0.15) is 12.6 Å². The molecule has 0 amide bonds. The van der Waals surface area contributed by atoms with Crippen molar-refractivity contribution in [1.29, 1.82) is 0 Å². The van der Waals surface area contributed by atoms with Gasteiger partial charge in [0.25, 0.3) is 0 Å². The molecule has 8 saturated carbocycles. The molecule has 0 aromatic heterocycles. The number of rotatable bonds is 4. The maximum Gasteiger partial charge on any atom is 0.126 e. The zero-order valence-electron chi connectivity index (χ0n) is 17.1. The quantitative estimate of drug-likeness (QED) is 0.723. The fourth-order valence-corrected chi connectivity index (χ4v) is 9.70. The van der Waals surface area contributed by atoms with E-state index in [1.807, 2.05) is 0 Å². The minimum Gasteiger partial charge on any atom is -0.396 e. The molecule has 8 bridgehead atoms. The van der Waals surface area contributed by atoms with Gasteiger partial charge >= 0.3 is 0 Å². The van der Waals surface area contributed by atoms with Gasteiger partial charge in [-0.15, -0.1) is 0 Å². The molecule has 8 aliphatic carbocycles. The van der Waals surface area contributed by atoms with Gasteiger partial charge in [0, 0.05) is 24.0 Å². The zero-order valence-corrected chi connectivity index (χ0v) is 17.1. The fourth-order valence-electron chi connectivity index (χ4n) is 9.70. The van der Waals surface area contributed by atoms with Gasteiger partial charge in [-0.05, 0) is 112 Å². The highest BCUT2D eigenvalue weighted by molar-refractivity contribution is 5.67. The molecule has 0 atom stereocenters. The maximum absolute atomic E-state index is 11.2. The third kappa shape index (κ3) is 2.93. The first kappa shape index (κ1) is 19.2. The van der Waals surface area contributed by atoms with E-state index in [4.69, 9.17) is 0 Å². The Bertz CT molecular complexity index is 579. The van der Waals surface area contributed by atoms with Crippen molar-refractivity contribution >= 4 is 12.6 Å². The Kier molecular flexibility index (Phi) is 4.38. The molecule has 4 heteroatoms. The summed E-state index contributed by atoms with van der Waals surface area (Å²) in [6.45, 7) is 0.698. The Labute approximate surface area is 168 Å². The number of aliphatic hydroxyl groups is 2. The molecule has 0 aliphatic heterocycles. The van der Waals surface area contributed by atoms with Crippen molar-refractivity contribution in [2.45, 2.75) is 77.0 Å². The second-order valence-electron chi connectivity index (χ2n) is 12.2. The molecule has 0 spiro atoms. The van der Waals surface area contributed by atoms with Crippen LogP contribution in [0.5, 0.6) is 0 Å². The Hall–Kier alpha value is -0.740. The SMILES string of the molecule is O=CC12CC3CC(C1)CC(C=O)(C3)C2.OCC12CC3CC(C1)CC(CO)(C3)C2. The van der Waals surface area contributed by atoms with E-state index < -0.39 is 0 Å². The molecule has 0 aromatic rings. The first-order chi connectivity index (χ1) is 13.4. The van der Waals surface area contributed by atoms with Gasteiger partial charge < -0.3 is 19.8 Å².